The number of amides is 2. The smallest absolute Gasteiger partial charge is 0.255 e. The first-order valence-electron chi connectivity index (χ1n) is 10.1. The van der Waals surface area contributed by atoms with E-state index in [-0.39, 0.29) is 23.1 Å². The van der Waals surface area contributed by atoms with Gasteiger partial charge in [0.05, 0.1) is 11.5 Å². The molecule has 2 aliphatic rings. The average Bonchev–Trinajstić information content (AvgIpc) is 2.76. The summed E-state index contributed by atoms with van der Waals surface area (Å²) >= 11 is 0. The van der Waals surface area contributed by atoms with Crippen LogP contribution >= 0.6 is 0 Å². The molecule has 4 rings (SSSR count). The molecule has 0 N–H and O–H groups in total. The Morgan fingerprint density at radius 1 is 1.14 bits per heavy atom. The molecule has 0 saturated carbocycles. The van der Waals surface area contributed by atoms with E-state index in [0.29, 0.717) is 5.56 Å². The SMILES string of the molecule is CCN1CC2(CCN(C(=O)c3cccnc3)CC2)C[C@H](c2ccccc2)C1=O. The minimum absolute atomic E-state index is 0.0572. The fourth-order valence-corrected chi connectivity index (χ4v) is 4.72. The Morgan fingerprint density at radius 2 is 1.89 bits per heavy atom. The average molecular weight is 377 g/mol. The number of rotatable bonds is 3. The molecule has 0 aliphatic carbocycles. The van der Waals surface area contributed by atoms with Crippen molar-refractivity contribution in [3.8, 4) is 0 Å². The molecule has 2 aromatic rings. The highest BCUT2D eigenvalue weighted by Crippen LogP contribution is 2.45. The minimum Gasteiger partial charge on any atom is -0.342 e. The lowest BCUT2D eigenvalue weighted by Gasteiger charge is -2.49. The molecule has 2 amide bonds. The molecule has 3 heterocycles. The zero-order valence-corrected chi connectivity index (χ0v) is 16.4. The maximum Gasteiger partial charge on any atom is 0.255 e. The maximum atomic E-state index is 13.0. The van der Waals surface area contributed by atoms with Gasteiger partial charge in [0.25, 0.3) is 5.91 Å². The van der Waals surface area contributed by atoms with E-state index in [4.69, 9.17) is 0 Å². The van der Waals surface area contributed by atoms with Gasteiger partial charge < -0.3 is 9.80 Å². The summed E-state index contributed by atoms with van der Waals surface area (Å²) in [4.78, 5) is 33.8. The minimum atomic E-state index is -0.0736. The molecule has 0 radical (unpaired) electrons. The highest BCUT2D eigenvalue weighted by atomic mass is 16.2. The summed E-state index contributed by atoms with van der Waals surface area (Å²) in [5.74, 6) is 0.227. The van der Waals surface area contributed by atoms with E-state index < -0.39 is 0 Å². The molecule has 2 fully saturated rings. The number of carbonyl (C=O) groups is 2. The number of hydrogen-bond acceptors (Lipinski definition) is 3. The Labute approximate surface area is 166 Å². The molecule has 0 unspecified atom stereocenters. The molecule has 28 heavy (non-hydrogen) atoms. The van der Waals surface area contributed by atoms with E-state index >= 15 is 0 Å². The van der Waals surface area contributed by atoms with E-state index in [9.17, 15) is 9.59 Å². The van der Waals surface area contributed by atoms with Gasteiger partial charge in [-0.2, -0.15) is 0 Å². The Balaban J connectivity index is 1.50. The summed E-state index contributed by atoms with van der Waals surface area (Å²) in [5, 5.41) is 0. The van der Waals surface area contributed by atoms with Gasteiger partial charge >= 0.3 is 0 Å². The molecule has 0 bridgehead atoms. The molecule has 2 aliphatic heterocycles. The predicted octanol–water partition coefficient (Wildman–Crippen LogP) is 3.34. The van der Waals surface area contributed by atoms with Crippen LogP contribution in [-0.2, 0) is 4.79 Å². The van der Waals surface area contributed by atoms with E-state index in [1.165, 1.54) is 0 Å². The zero-order chi connectivity index (χ0) is 19.6. The first-order valence-corrected chi connectivity index (χ1v) is 10.1. The second-order valence-electron chi connectivity index (χ2n) is 8.05. The van der Waals surface area contributed by atoms with Crippen LogP contribution in [0.1, 0.15) is 48.0 Å². The third-order valence-corrected chi connectivity index (χ3v) is 6.38. The fraction of sp³-hybridized carbons (Fsp3) is 0.435. The summed E-state index contributed by atoms with van der Waals surface area (Å²) in [6.45, 7) is 5.07. The Morgan fingerprint density at radius 3 is 2.54 bits per heavy atom. The van der Waals surface area contributed by atoms with E-state index in [0.717, 1.165) is 51.0 Å². The number of nitrogens with zero attached hydrogens (tertiary/aromatic N) is 3. The fourth-order valence-electron chi connectivity index (χ4n) is 4.72. The summed E-state index contributed by atoms with van der Waals surface area (Å²) in [5.41, 5.74) is 1.85. The van der Waals surface area contributed by atoms with Crippen LogP contribution in [0, 0.1) is 5.41 Å². The quantitative estimate of drug-likeness (QED) is 0.824. The molecule has 1 atom stereocenters. The lowest BCUT2D eigenvalue weighted by atomic mass is 9.67. The van der Waals surface area contributed by atoms with Crippen molar-refractivity contribution < 1.29 is 9.59 Å². The van der Waals surface area contributed by atoms with Crippen molar-refractivity contribution >= 4 is 11.8 Å². The van der Waals surface area contributed by atoms with Crippen molar-refractivity contribution in [2.45, 2.75) is 32.1 Å². The van der Waals surface area contributed by atoms with Gasteiger partial charge in [0.1, 0.15) is 0 Å². The number of carbonyl (C=O) groups excluding carboxylic acids is 2. The molecule has 5 heteroatoms. The topological polar surface area (TPSA) is 53.5 Å². The molecule has 5 nitrogen and oxygen atoms in total. The van der Waals surface area contributed by atoms with Crippen LogP contribution in [0.3, 0.4) is 0 Å². The van der Waals surface area contributed by atoms with Crippen LogP contribution in [0.5, 0.6) is 0 Å². The van der Waals surface area contributed by atoms with Crippen molar-refractivity contribution in [3.05, 3.63) is 66.0 Å². The molecule has 1 aromatic carbocycles. The highest BCUT2D eigenvalue weighted by molar-refractivity contribution is 5.94. The lowest BCUT2D eigenvalue weighted by molar-refractivity contribution is -0.141. The molecule has 146 valence electrons. The van der Waals surface area contributed by atoms with E-state index in [2.05, 4.69) is 24.0 Å². The lowest BCUT2D eigenvalue weighted by Crippen LogP contribution is -2.54. The van der Waals surface area contributed by atoms with Crippen LogP contribution in [0.4, 0.5) is 0 Å². The number of pyridine rings is 1. The second kappa shape index (κ2) is 7.74. The number of aromatic nitrogens is 1. The Bertz CT molecular complexity index is 829. The van der Waals surface area contributed by atoms with Crippen LogP contribution in [0.25, 0.3) is 0 Å². The van der Waals surface area contributed by atoms with Crippen molar-refractivity contribution in [2.75, 3.05) is 26.2 Å². The number of likely N-dealkylation sites (tertiary alicyclic amines) is 2. The third kappa shape index (κ3) is 3.53. The van der Waals surface area contributed by atoms with Gasteiger partial charge in [-0.1, -0.05) is 30.3 Å². The zero-order valence-electron chi connectivity index (χ0n) is 16.4. The van der Waals surface area contributed by atoms with Crippen LogP contribution in [-0.4, -0.2) is 52.8 Å². The van der Waals surface area contributed by atoms with Gasteiger partial charge in [-0.05, 0) is 49.3 Å². The van der Waals surface area contributed by atoms with Gasteiger partial charge in [-0.3, -0.25) is 14.6 Å². The van der Waals surface area contributed by atoms with Crippen LogP contribution < -0.4 is 0 Å². The number of hydrogen-bond donors (Lipinski definition) is 0. The number of likely N-dealkylation sites (N-methyl/N-ethyl adjacent to an activating group) is 1. The largest absolute Gasteiger partial charge is 0.342 e. The van der Waals surface area contributed by atoms with Crippen LogP contribution in [0.2, 0.25) is 0 Å². The number of piperidine rings is 2. The molecular formula is C23H27N3O2. The van der Waals surface area contributed by atoms with Gasteiger partial charge in [0.2, 0.25) is 5.91 Å². The molecule has 2 saturated heterocycles. The summed E-state index contributed by atoms with van der Waals surface area (Å²) < 4.78 is 0. The monoisotopic (exact) mass is 377 g/mol. The number of benzene rings is 1. The standard InChI is InChI=1S/C23H27N3O2/c1-2-25-17-23(15-20(22(25)28)18-7-4-3-5-8-18)10-13-26(14-11-23)21(27)19-9-6-12-24-16-19/h3-9,12,16,20H,2,10-11,13-15,17H2,1H3/t20-/m1/s1. The van der Waals surface area contributed by atoms with Gasteiger partial charge in [0, 0.05) is 38.6 Å². The van der Waals surface area contributed by atoms with Crippen molar-refractivity contribution in [1.82, 2.24) is 14.8 Å². The first-order chi connectivity index (χ1) is 13.6. The summed E-state index contributed by atoms with van der Waals surface area (Å²) in [7, 11) is 0. The maximum absolute atomic E-state index is 13.0. The van der Waals surface area contributed by atoms with Gasteiger partial charge in [-0.25, -0.2) is 0 Å². The Kier molecular flexibility index (Phi) is 5.16. The molecular weight excluding hydrogens is 350 g/mol. The third-order valence-electron chi connectivity index (χ3n) is 6.38. The summed E-state index contributed by atoms with van der Waals surface area (Å²) in [6, 6.07) is 13.8. The van der Waals surface area contributed by atoms with Crippen molar-refractivity contribution in [2.24, 2.45) is 5.41 Å². The predicted molar refractivity (Wildman–Crippen MR) is 108 cm³/mol. The molecule has 1 spiro atoms. The van der Waals surface area contributed by atoms with Crippen LogP contribution in [0.15, 0.2) is 54.9 Å². The Hall–Kier alpha value is -2.69. The summed E-state index contributed by atoms with van der Waals surface area (Å²) in [6.07, 6.45) is 6.07. The van der Waals surface area contributed by atoms with Gasteiger partial charge in [-0.15, -0.1) is 0 Å². The van der Waals surface area contributed by atoms with E-state index in [1.54, 1.807) is 18.5 Å². The van der Waals surface area contributed by atoms with Crippen molar-refractivity contribution in [1.29, 1.82) is 0 Å². The highest BCUT2D eigenvalue weighted by Gasteiger charge is 2.46. The first kappa shape index (κ1) is 18.7. The van der Waals surface area contributed by atoms with Gasteiger partial charge in [0.15, 0.2) is 0 Å². The molecule has 1 aromatic heterocycles. The van der Waals surface area contributed by atoms with Crippen molar-refractivity contribution in [3.63, 3.8) is 0 Å². The second-order valence-corrected chi connectivity index (χ2v) is 8.05. The normalized spacial score (nSPS) is 21.8. The van der Waals surface area contributed by atoms with E-state index in [1.807, 2.05) is 34.1 Å².